The number of nitrogens with zero attached hydrogens (tertiary/aromatic N) is 6. The molecule has 1 aromatic heterocycles. The zero-order chi connectivity index (χ0) is 22.3. The summed E-state index contributed by atoms with van der Waals surface area (Å²) < 4.78 is 2.03. The van der Waals surface area contributed by atoms with Crippen molar-refractivity contribution in [2.75, 3.05) is 26.2 Å². The van der Waals surface area contributed by atoms with Crippen LogP contribution < -0.4 is 5.32 Å². The summed E-state index contributed by atoms with van der Waals surface area (Å²) in [7, 11) is 2.01. The van der Waals surface area contributed by atoms with Crippen LogP contribution in [-0.4, -0.2) is 62.7 Å². The molecule has 2 aliphatic rings. The van der Waals surface area contributed by atoms with Crippen LogP contribution in [0.2, 0.25) is 0 Å². The molecule has 32 heavy (non-hydrogen) atoms. The quantitative estimate of drug-likeness (QED) is 0.409. The number of unbranched alkanes of at least 4 members (excludes halogenated alkanes) is 1. The Labute approximate surface area is 192 Å². The number of benzene rings is 1. The van der Waals surface area contributed by atoms with Gasteiger partial charge in [-0.15, -0.1) is 10.2 Å². The highest BCUT2D eigenvalue weighted by Gasteiger charge is 2.36. The van der Waals surface area contributed by atoms with E-state index in [2.05, 4.69) is 62.6 Å². The molecule has 1 N–H and O–H groups in total. The molecule has 7 nitrogen and oxygen atoms in total. The maximum Gasteiger partial charge on any atom is 0.194 e. The second kappa shape index (κ2) is 10.9. The minimum Gasteiger partial charge on any atom is -0.356 e. The highest BCUT2D eigenvalue weighted by molar-refractivity contribution is 5.80. The molecule has 3 heterocycles. The summed E-state index contributed by atoms with van der Waals surface area (Å²) in [5.41, 5.74) is 1.43. The Balaban J connectivity index is 1.43. The van der Waals surface area contributed by atoms with Gasteiger partial charge in [0.05, 0.1) is 0 Å². The molecular formula is C25H39N7. The van der Waals surface area contributed by atoms with Crippen molar-refractivity contribution in [2.24, 2.45) is 18.0 Å². The van der Waals surface area contributed by atoms with Crippen molar-refractivity contribution in [3.63, 3.8) is 0 Å². The standard InChI is InChI=1S/C25H39N7/c1-4-5-14-26-25(27-17-24-29-28-20(2)30(24)3)32-16-13-23-22(19-32)12-9-15-31(23)18-21-10-7-6-8-11-21/h6-8,10-11,22-23H,4-5,9,12-19H2,1-3H3,(H,26,27). The zero-order valence-corrected chi connectivity index (χ0v) is 20.0. The molecule has 0 amide bonds. The smallest absolute Gasteiger partial charge is 0.194 e. The molecule has 0 radical (unpaired) electrons. The lowest BCUT2D eigenvalue weighted by Gasteiger charge is -2.48. The Hall–Kier alpha value is -2.41. The molecule has 0 spiro atoms. The van der Waals surface area contributed by atoms with E-state index in [4.69, 9.17) is 4.99 Å². The first-order chi connectivity index (χ1) is 15.7. The van der Waals surface area contributed by atoms with Crippen LogP contribution in [-0.2, 0) is 20.1 Å². The van der Waals surface area contributed by atoms with Crippen molar-refractivity contribution in [3.05, 3.63) is 47.5 Å². The number of hydrogen-bond donors (Lipinski definition) is 1. The van der Waals surface area contributed by atoms with Gasteiger partial charge in [0.15, 0.2) is 11.8 Å². The average Bonchev–Trinajstić information content (AvgIpc) is 3.14. The van der Waals surface area contributed by atoms with Gasteiger partial charge in [-0.1, -0.05) is 43.7 Å². The molecule has 7 heteroatoms. The number of likely N-dealkylation sites (tertiary alicyclic amines) is 2. The van der Waals surface area contributed by atoms with Gasteiger partial charge in [0.1, 0.15) is 12.4 Å². The fourth-order valence-corrected chi connectivity index (χ4v) is 5.09. The first kappa shape index (κ1) is 22.8. The Bertz CT molecular complexity index is 876. The van der Waals surface area contributed by atoms with Gasteiger partial charge in [0.2, 0.25) is 0 Å². The second-order valence-electron chi connectivity index (χ2n) is 9.30. The fraction of sp³-hybridized carbons (Fsp3) is 0.640. The molecule has 4 rings (SSSR count). The molecule has 2 atom stereocenters. The van der Waals surface area contributed by atoms with Crippen LogP contribution in [0, 0.1) is 12.8 Å². The molecule has 2 saturated heterocycles. The highest BCUT2D eigenvalue weighted by atomic mass is 15.3. The number of aryl methyl sites for hydroxylation is 1. The summed E-state index contributed by atoms with van der Waals surface area (Å²) in [5, 5.41) is 12.1. The van der Waals surface area contributed by atoms with Crippen molar-refractivity contribution < 1.29 is 0 Å². The molecular weight excluding hydrogens is 398 g/mol. The molecule has 0 aliphatic carbocycles. The number of aromatic nitrogens is 3. The number of aliphatic imine (C=N–C) groups is 1. The third-order valence-corrected chi connectivity index (χ3v) is 7.08. The van der Waals surface area contributed by atoms with Crippen LogP contribution in [0.15, 0.2) is 35.3 Å². The predicted molar refractivity (Wildman–Crippen MR) is 129 cm³/mol. The van der Waals surface area contributed by atoms with E-state index >= 15 is 0 Å². The maximum atomic E-state index is 4.98. The van der Waals surface area contributed by atoms with Crippen molar-refractivity contribution in [3.8, 4) is 0 Å². The minimum absolute atomic E-state index is 0.566. The van der Waals surface area contributed by atoms with Crippen LogP contribution in [0.5, 0.6) is 0 Å². The predicted octanol–water partition coefficient (Wildman–Crippen LogP) is 3.36. The van der Waals surface area contributed by atoms with Gasteiger partial charge in [-0.25, -0.2) is 4.99 Å². The Morgan fingerprint density at radius 2 is 2.00 bits per heavy atom. The largest absolute Gasteiger partial charge is 0.356 e. The van der Waals surface area contributed by atoms with Gasteiger partial charge in [-0.05, 0) is 50.6 Å². The van der Waals surface area contributed by atoms with E-state index < -0.39 is 0 Å². The lowest BCUT2D eigenvalue weighted by Crippen LogP contribution is -2.56. The summed E-state index contributed by atoms with van der Waals surface area (Å²) in [5.74, 6) is 3.59. The Kier molecular flexibility index (Phi) is 7.79. The van der Waals surface area contributed by atoms with Gasteiger partial charge in [0, 0.05) is 39.3 Å². The van der Waals surface area contributed by atoms with Crippen LogP contribution in [0.4, 0.5) is 0 Å². The van der Waals surface area contributed by atoms with Crippen molar-refractivity contribution >= 4 is 5.96 Å². The summed E-state index contributed by atoms with van der Waals surface area (Å²) >= 11 is 0. The van der Waals surface area contributed by atoms with Gasteiger partial charge in [-0.2, -0.15) is 0 Å². The topological polar surface area (TPSA) is 61.6 Å². The number of fused-ring (bicyclic) bond motifs is 1. The number of nitrogens with one attached hydrogen (secondary N) is 1. The molecule has 2 unspecified atom stereocenters. The lowest BCUT2D eigenvalue weighted by atomic mass is 9.83. The summed E-state index contributed by atoms with van der Waals surface area (Å²) in [6.07, 6.45) is 6.15. The van der Waals surface area contributed by atoms with Crippen LogP contribution in [0.25, 0.3) is 0 Å². The lowest BCUT2D eigenvalue weighted by molar-refractivity contribution is 0.0372. The number of piperidine rings is 2. The fourth-order valence-electron chi connectivity index (χ4n) is 5.09. The van der Waals surface area contributed by atoms with Gasteiger partial charge in [-0.3, -0.25) is 4.90 Å². The molecule has 174 valence electrons. The molecule has 2 aliphatic heterocycles. The normalized spacial score (nSPS) is 22.1. The van der Waals surface area contributed by atoms with Gasteiger partial charge in [0.25, 0.3) is 0 Å². The third-order valence-electron chi connectivity index (χ3n) is 7.08. The molecule has 1 aromatic carbocycles. The van der Waals surface area contributed by atoms with E-state index in [1.165, 1.54) is 37.8 Å². The van der Waals surface area contributed by atoms with Crippen LogP contribution in [0.3, 0.4) is 0 Å². The first-order valence-corrected chi connectivity index (χ1v) is 12.3. The Morgan fingerprint density at radius 1 is 1.16 bits per heavy atom. The second-order valence-corrected chi connectivity index (χ2v) is 9.30. The van der Waals surface area contributed by atoms with Crippen LogP contribution in [0.1, 0.15) is 56.2 Å². The molecule has 0 saturated carbocycles. The van der Waals surface area contributed by atoms with Crippen molar-refractivity contribution in [1.82, 2.24) is 29.9 Å². The monoisotopic (exact) mass is 437 g/mol. The zero-order valence-electron chi connectivity index (χ0n) is 20.0. The minimum atomic E-state index is 0.566. The van der Waals surface area contributed by atoms with E-state index in [1.54, 1.807) is 0 Å². The van der Waals surface area contributed by atoms with Crippen molar-refractivity contribution in [1.29, 1.82) is 0 Å². The van der Waals surface area contributed by atoms with E-state index in [0.717, 1.165) is 50.2 Å². The SMILES string of the molecule is CCCCNC(=NCc1nnc(C)n1C)N1CCC2C(CCCN2Cc2ccccc2)C1. The molecule has 2 aromatic rings. The van der Waals surface area contributed by atoms with Gasteiger partial charge < -0.3 is 14.8 Å². The third kappa shape index (κ3) is 5.49. The Morgan fingerprint density at radius 3 is 2.75 bits per heavy atom. The first-order valence-electron chi connectivity index (χ1n) is 12.3. The van der Waals surface area contributed by atoms with Crippen LogP contribution >= 0.6 is 0 Å². The maximum absolute atomic E-state index is 4.98. The van der Waals surface area contributed by atoms with Gasteiger partial charge >= 0.3 is 0 Å². The van der Waals surface area contributed by atoms with E-state index in [1.807, 2.05) is 18.5 Å². The summed E-state index contributed by atoms with van der Waals surface area (Å²) in [6, 6.07) is 11.6. The van der Waals surface area contributed by atoms with E-state index in [-0.39, 0.29) is 0 Å². The van der Waals surface area contributed by atoms with E-state index in [9.17, 15) is 0 Å². The van der Waals surface area contributed by atoms with E-state index in [0.29, 0.717) is 18.5 Å². The average molecular weight is 438 g/mol. The molecule has 2 fully saturated rings. The summed E-state index contributed by atoms with van der Waals surface area (Å²) in [4.78, 5) is 10.2. The van der Waals surface area contributed by atoms with Crippen molar-refractivity contribution in [2.45, 2.75) is 65.1 Å². The number of hydrogen-bond acceptors (Lipinski definition) is 4. The summed E-state index contributed by atoms with van der Waals surface area (Å²) in [6.45, 7) is 10.2. The highest BCUT2D eigenvalue weighted by Crippen LogP contribution is 2.31. The molecule has 0 bridgehead atoms. The number of guanidine groups is 1. The number of rotatable bonds is 7.